The predicted octanol–water partition coefficient (Wildman–Crippen LogP) is 5.02. The average Bonchev–Trinajstić information content (AvgIpc) is 3.65. The number of ether oxygens (including phenoxy) is 5. The molecule has 0 unspecified atom stereocenters. The van der Waals surface area contributed by atoms with Crippen molar-refractivity contribution in [3.63, 3.8) is 0 Å². The van der Waals surface area contributed by atoms with Crippen LogP contribution in [0.5, 0.6) is 28.7 Å². The van der Waals surface area contributed by atoms with Crippen LogP contribution in [0.3, 0.4) is 0 Å². The molecular formula is C29H26N5O5S+. The molecule has 0 N–H and O–H groups in total. The van der Waals surface area contributed by atoms with Crippen LogP contribution in [0.15, 0.2) is 66.7 Å². The molecule has 40 heavy (non-hydrogen) atoms. The monoisotopic (exact) mass is 556 g/mol. The SMILES string of the molecule is COc1ccc(-c2nn(-c3cc(OC)c(OC)c(OC)c3)[n+](-c3nc4c(ccc5ccc(OC)cc54)s3)n2)cc1. The molecule has 0 saturated carbocycles. The molecule has 6 aromatic rings. The Hall–Kier alpha value is -4.90. The summed E-state index contributed by atoms with van der Waals surface area (Å²) in [4.78, 5) is 8.37. The molecule has 4 aromatic carbocycles. The third-order valence-corrected chi connectivity index (χ3v) is 7.52. The van der Waals surface area contributed by atoms with Crippen LogP contribution in [0.2, 0.25) is 0 Å². The Morgan fingerprint density at radius 1 is 0.725 bits per heavy atom. The van der Waals surface area contributed by atoms with Gasteiger partial charge in [0.1, 0.15) is 17.2 Å². The van der Waals surface area contributed by atoms with Crippen molar-refractivity contribution < 1.29 is 28.5 Å². The topological polar surface area (TPSA) is 93.6 Å². The van der Waals surface area contributed by atoms with E-state index in [1.165, 1.54) is 11.3 Å². The molecule has 0 aliphatic heterocycles. The molecule has 0 fully saturated rings. The van der Waals surface area contributed by atoms with Crippen LogP contribution in [0.4, 0.5) is 0 Å². The summed E-state index contributed by atoms with van der Waals surface area (Å²) in [6.45, 7) is 0. The largest absolute Gasteiger partial charge is 0.497 e. The highest BCUT2D eigenvalue weighted by Crippen LogP contribution is 2.39. The van der Waals surface area contributed by atoms with E-state index in [4.69, 9.17) is 38.9 Å². The van der Waals surface area contributed by atoms with E-state index < -0.39 is 0 Å². The Balaban J connectivity index is 1.58. The number of rotatable bonds is 8. The number of fused-ring (bicyclic) bond motifs is 3. The van der Waals surface area contributed by atoms with Crippen molar-refractivity contribution >= 4 is 32.3 Å². The van der Waals surface area contributed by atoms with Crippen LogP contribution in [0, 0.1) is 0 Å². The zero-order chi connectivity index (χ0) is 27.8. The summed E-state index contributed by atoms with van der Waals surface area (Å²) in [5.41, 5.74) is 2.32. The maximum absolute atomic E-state index is 5.61. The number of benzene rings is 4. The molecule has 0 bridgehead atoms. The lowest BCUT2D eigenvalue weighted by molar-refractivity contribution is -0.734. The summed E-state index contributed by atoms with van der Waals surface area (Å²) in [5.74, 6) is 3.48. The Morgan fingerprint density at radius 3 is 2.05 bits per heavy atom. The first-order valence-electron chi connectivity index (χ1n) is 12.3. The lowest BCUT2D eigenvalue weighted by Crippen LogP contribution is -2.43. The molecule has 0 aliphatic carbocycles. The van der Waals surface area contributed by atoms with Gasteiger partial charge in [0.15, 0.2) is 17.0 Å². The van der Waals surface area contributed by atoms with E-state index in [1.807, 2.05) is 54.6 Å². The van der Waals surface area contributed by atoms with Crippen LogP contribution in [-0.4, -0.2) is 55.5 Å². The number of thiazole rings is 1. The first kappa shape index (κ1) is 25.4. The number of hydrogen-bond acceptors (Lipinski definition) is 9. The van der Waals surface area contributed by atoms with Crippen LogP contribution in [0.25, 0.3) is 43.2 Å². The first-order chi connectivity index (χ1) is 19.6. The quantitative estimate of drug-likeness (QED) is 0.242. The summed E-state index contributed by atoms with van der Waals surface area (Å²) < 4.78 is 28.5. The maximum atomic E-state index is 5.61. The average molecular weight is 557 g/mol. The molecule has 10 nitrogen and oxygen atoms in total. The van der Waals surface area contributed by atoms with Crippen molar-refractivity contribution in [2.45, 2.75) is 0 Å². The van der Waals surface area contributed by atoms with Crippen LogP contribution in [0.1, 0.15) is 0 Å². The van der Waals surface area contributed by atoms with Crippen molar-refractivity contribution in [1.29, 1.82) is 0 Å². The molecule has 0 saturated heterocycles. The van der Waals surface area contributed by atoms with Gasteiger partial charge in [-0.3, -0.25) is 0 Å². The molecule has 11 heteroatoms. The van der Waals surface area contributed by atoms with Crippen LogP contribution < -0.4 is 28.5 Å². The van der Waals surface area contributed by atoms with Gasteiger partial charge in [-0.05, 0) is 62.5 Å². The molecule has 0 aliphatic rings. The van der Waals surface area contributed by atoms with E-state index in [0.717, 1.165) is 38.1 Å². The fraction of sp³-hybridized carbons (Fsp3) is 0.172. The summed E-state index contributed by atoms with van der Waals surface area (Å²) in [6.07, 6.45) is 0. The van der Waals surface area contributed by atoms with Gasteiger partial charge in [0.05, 0.1) is 40.2 Å². The highest BCUT2D eigenvalue weighted by Gasteiger charge is 2.27. The van der Waals surface area contributed by atoms with E-state index in [-0.39, 0.29) is 0 Å². The lowest BCUT2D eigenvalue weighted by Gasteiger charge is -2.13. The summed E-state index contributed by atoms with van der Waals surface area (Å²) in [7, 11) is 8.01. The number of nitrogens with zero attached hydrogens (tertiary/aromatic N) is 5. The van der Waals surface area contributed by atoms with E-state index in [2.05, 4.69) is 12.1 Å². The van der Waals surface area contributed by atoms with E-state index >= 15 is 0 Å². The Morgan fingerprint density at radius 2 is 1.40 bits per heavy atom. The first-order valence-corrected chi connectivity index (χ1v) is 13.1. The molecule has 6 rings (SSSR count). The van der Waals surface area contributed by atoms with Crippen molar-refractivity contribution in [1.82, 2.24) is 20.0 Å². The Labute approximate surface area is 233 Å². The third kappa shape index (κ3) is 4.30. The van der Waals surface area contributed by atoms with Gasteiger partial charge in [-0.2, -0.15) is 0 Å². The zero-order valence-corrected chi connectivity index (χ0v) is 23.4. The number of methoxy groups -OCH3 is 5. The summed E-state index contributed by atoms with van der Waals surface area (Å²) >= 11 is 1.51. The minimum atomic E-state index is 0.483. The minimum absolute atomic E-state index is 0.483. The molecule has 0 amide bonds. The van der Waals surface area contributed by atoms with Gasteiger partial charge in [-0.1, -0.05) is 28.5 Å². The molecule has 202 valence electrons. The standard InChI is InChI=1S/C29H26N5O5S/c1-35-20-10-7-18(8-11-20)28-31-33(19-14-23(37-3)27(39-5)24(15-19)38-4)34(32-28)29-30-26-22-16-21(36-2)12-6-17(22)9-13-25(26)40-29/h6-16H,1-5H3/q+1. The summed E-state index contributed by atoms with van der Waals surface area (Å²) in [5, 5.41) is 12.4. The smallest absolute Gasteiger partial charge is 0.365 e. The number of aromatic nitrogens is 5. The highest BCUT2D eigenvalue weighted by molar-refractivity contribution is 7.20. The maximum Gasteiger partial charge on any atom is 0.365 e. The van der Waals surface area contributed by atoms with Gasteiger partial charge in [-0.15, -0.1) is 0 Å². The highest BCUT2D eigenvalue weighted by atomic mass is 32.1. The van der Waals surface area contributed by atoms with E-state index in [0.29, 0.717) is 33.9 Å². The van der Waals surface area contributed by atoms with Crippen LogP contribution >= 0.6 is 11.3 Å². The van der Waals surface area contributed by atoms with Gasteiger partial charge in [0.25, 0.3) is 5.82 Å². The van der Waals surface area contributed by atoms with Gasteiger partial charge >= 0.3 is 5.13 Å². The second-order valence-electron chi connectivity index (χ2n) is 8.71. The fourth-order valence-electron chi connectivity index (χ4n) is 4.50. The molecule has 0 atom stereocenters. The molecule has 0 radical (unpaired) electrons. The lowest BCUT2D eigenvalue weighted by atomic mass is 10.1. The second-order valence-corrected chi connectivity index (χ2v) is 9.72. The Bertz CT molecular complexity index is 1820. The minimum Gasteiger partial charge on any atom is -0.497 e. The van der Waals surface area contributed by atoms with Crippen molar-refractivity contribution in [3.05, 3.63) is 66.7 Å². The van der Waals surface area contributed by atoms with Gasteiger partial charge in [0.2, 0.25) is 5.75 Å². The second kappa shape index (κ2) is 10.3. The number of hydrogen-bond donors (Lipinski definition) is 0. The van der Waals surface area contributed by atoms with Crippen molar-refractivity contribution in [2.75, 3.05) is 35.5 Å². The Kier molecular flexibility index (Phi) is 6.56. The van der Waals surface area contributed by atoms with Crippen molar-refractivity contribution in [3.8, 4) is 51.0 Å². The molecule has 0 spiro atoms. The van der Waals surface area contributed by atoms with Crippen LogP contribution in [-0.2, 0) is 0 Å². The molecule has 2 heterocycles. The normalized spacial score (nSPS) is 11.1. The predicted molar refractivity (Wildman–Crippen MR) is 152 cm³/mol. The fourth-order valence-corrected chi connectivity index (χ4v) is 5.43. The van der Waals surface area contributed by atoms with E-state index in [9.17, 15) is 0 Å². The number of tetrazole rings is 1. The van der Waals surface area contributed by atoms with Gasteiger partial charge in [0, 0.05) is 28.2 Å². The van der Waals surface area contributed by atoms with Crippen molar-refractivity contribution in [2.24, 2.45) is 0 Å². The third-order valence-electron chi connectivity index (χ3n) is 6.53. The van der Waals surface area contributed by atoms with E-state index in [1.54, 1.807) is 45.1 Å². The summed E-state index contributed by atoms with van der Waals surface area (Å²) in [6, 6.07) is 21.3. The molecule has 2 aromatic heterocycles. The zero-order valence-electron chi connectivity index (χ0n) is 22.5. The van der Waals surface area contributed by atoms with Gasteiger partial charge in [-0.25, -0.2) is 0 Å². The van der Waals surface area contributed by atoms with Gasteiger partial charge < -0.3 is 23.7 Å². The molecular weight excluding hydrogens is 530 g/mol.